The van der Waals surface area contributed by atoms with Gasteiger partial charge in [0, 0.05) is 29.4 Å². The monoisotopic (exact) mass is 330 g/mol. The largest absolute Gasteiger partial charge is 0.399 e. The summed E-state index contributed by atoms with van der Waals surface area (Å²) in [6, 6.07) is 7.41. The van der Waals surface area contributed by atoms with Gasteiger partial charge in [-0.3, -0.25) is 0 Å². The maximum absolute atomic E-state index is 12.3. The Labute approximate surface area is 130 Å². The summed E-state index contributed by atoms with van der Waals surface area (Å²) in [6.45, 7) is 2.71. The molecule has 1 aliphatic heterocycles. The molecule has 1 heterocycles. The van der Waals surface area contributed by atoms with Crippen molar-refractivity contribution in [2.75, 3.05) is 30.3 Å². The Hall–Kier alpha value is -0.760. The molecule has 2 rings (SSSR count). The zero-order chi connectivity index (χ0) is 15.5. The van der Waals surface area contributed by atoms with Crippen LogP contribution in [-0.2, 0) is 10.0 Å². The molecule has 3 N–H and O–H groups in total. The van der Waals surface area contributed by atoms with E-state index in [9.17, 15) is 13.5 Å². The molecule has 21 heavy (non-hydrogen) atoms. The molecule has 1 aromatic rings. The molecule has 118 valence electrons. The van der Waals surface area contributed by atoms with Gasteiger partial charge in [0.15, 0.2) is 0 Å². The molecule has 2 atom stereocenters. The van der Waals surface area contributed by atoms with Crippen molar-refractivity contribution >= 4 is 27.5 Å². The lowest BCUT2D eigenvalue weighted by atomic mass is 9.99. The van der Waals surface area contributed by atoms with Crippen molar-refractivity contribution in [3.63, 3.8) is 0 Å². The molecule has 1 aromatic carbocycles. The van der Waals surface area contributed by atoms with Crippen LogP contribution in [0, 0.1) is 5.92 Å². The van der Waals surface area contributed by atoms with Crippen molar-refractivity contribution < 1.29 is 13.5 Å². The van der Waals surface area contributed by atoms with E-state index in [1.54, 1.807) is 0 Å². The molecule has 0 saturated carbocycles. The second-order valence-electron chi connectivity index (χ2n) is 5.42. The number of piperidine rings is 1. The molecule has 0 spiro atoms. The van der Waals surface area contributed by atoms with Crippen molar-refractivity contribution in [1.29, 1.82) is 0 Å². The molecule has 0 radical (unpaired) electrons. The number of thioether (sulfide) groups is 1. The van der Waals surface area contributed by atoms with Crippen molar-refractivity contribution in [2.24, 2.45) is 5.92 Å². The fourth-order valence-electron chi connectivity index (χ4n) is 2.31. The smallest absolute Gasteiger partial charge is 0.214 e. The second-order valence-corrected chi connectivity index (χ2v) is 8.68. The number of hydrogen-bond donors (Lipinski definition) is 2. The van der Waals surface area contributed by atoms with Crippen LogP contribution < -0.4 is 5.73 Å². The summed E-state index contributed by atoms with van der Waals surface area (Å²) in [6.07, 6.45) is 0.131. The number of rotatable bonds is 5. The second kappa shape index (κ2) is 7.00. The number of anilines is 1. The summed E-state index contributed by atoms with van der Waals surface area (Å²) >= 11 is 1.51. The van der Waals surface area contributed by atoms with Crippen LogP contribution in [0.2, 0.25) is 0 Å². The van der Waals surface area contributed by atoms with Crippen molar-refractivity contribution in [2.45, 2.75) is 24.3 Å². The molecule has 2 unspecified atom stereocenters. The van der Waals surface area contributed by atoms with E-state index >= 15 is 0 Å². The van der Waals surface area contributed by atoms with E-state index in [0.29, 0.717) is 31.0 Å². The molecular formula is C14H22N2O3S2. The Bertz CT molecular complexity index is 560. The minimum absolute atomic E-state index is 0.00160. The van der Waals surface area contributed by atoms with E-state index in [0.717, 1.165) is 4.90 Å². The van der Waals surface area contributed by atoms with E-state index < -0.39 is 10.0 Å². The minimum Gasteiger partial charge on any atom is -0.399 e. The molecule has 0 aliphatic carbocycles. The van der Waals surface area contributed by atoms with Gasteiger partial charge in [-0.25, -0.2) is 12.7 Å². The molecule has 1 saturated heterocycles. The standard InChI is InChI=1S/C14H22N2O3S2/c1-11-10-16(7-6-14(11)17)21(18,19)9-8-20-13-4-2-12(15)3-5-13/h2-5,11,14,17H,6-10,15H2,1H3. The van der Waals surface area contributed by atoms with Gasteiger partial charge in [-0.15, -0.1) is 11.8 Å². The molecule has 7 heteroatoms. The summed E-state index contributed by atoms with van der Waals surface area (Å²) in [4.78, 5) is 1.02. The zero-order valence-corrected chi connectivity index (χ0v) is 13.7. The Morgan fingerprint density at radius 3 is 2.67 bits per heavy atom. The first kappa shape index (κ1) is 16.6. The Morgan fingerprint density at radius 2 is 2.05 bits per heavy atom. The van der Waals surface area contributed by atoms with Gasteiger partial charge in [-0.2, -0.15) is 0 Å². The van der Waals surface area contributed by atoms with Crippen LogP contribution in [0.3, 0.4) is 0 Å². The highest BCUT2D eigenvalue weighted by Crippen LogP contribution is 2.22. The lowest BCUT2D eigenvalue weighted by Gasteiger charge is -2.33. The summed E-state index contributed by atoms with van der Waals surface area (Å²) in [5.41, 5.74) is 6.32. The van der Waals surface area contributed by atoms with Crippen LogP contribution in [0.1, 0.15) is 13.3 Å². The third-order valence-corrected chi connectivity index (χ3v) is 6.82. The third-order valence-electron chi connectivity index (χ3n) is 3.71. The number of nitrogens with zero attached hydrogens (tertiary/aromatic N) is 1. The van der Waals surface area contributed by atoms with Crippen molar-refractivity contribution in [3.8, 4) is 0 Å². The first-order valence-corrected chi connectivity index (χ1v) is 9.62. The number of sulfonamides is 1. The van der Waals surface area contributed by atoms with Crippen LogP contribution in [0.15, 0.2) is 29.2 Å². The molecule has 0 bridgehead atoms. The quantitative estimate of drug-likeness (QED) is 0.630. The number of nitrogen functional groups attached to an aromatic ring is 1. The van der Waals surface area contributed by atoms with Gasteiger partial charge in [-0.1, -0.05) is 6.92 Å². The van der Waals surface area contributed by atoms with Gasteiger partial charge < -0.3 is 10.8 Å². The van der Waals surface area contributed by atoms with E-state index in [1.807, 2.05) is 31.2 Å². The summed E-state index contributed by atoms with van der Waals surface area (Å²) in [5, 5.41) is 9.67. The van der Waals surface area contributed by atoms with Gasteiger partial charge in [0.1, 0.15) is 0 Å². The highest BCUT2D eigenvalue weighted by Gasteiger charge is 2.31. The highest BCUT2D eigenvalue weighted by molar-refractivity contribution is 8.00. The lowest BCUT2D eigenvalue weighted by molar-refractivity contribution is 0.0629. The normalized spacial score (nSPS) is 24.1. The average molecular weight is 330 g/mol. The first-order valence-electron chi connectivity index (χ1n) is 7.03. The van der Waals surface area contributed by atoms with E-state index in [1.165, 1.54) is 16.1 Å². The van der Waals surface area contributed by atoms with Gasteiger partial charge in [0.2, 0.25) is 10.0 Å². The maximum Gasteiger partial charge on any atom is 0.214 e. The number of aliphatic hydroxyl groups excluding tert-OH is 1. The highest BCUT2D eigenvalue weighted by atomic mass is 32.2. The zero-order valence-electron chi connectivity index (χ0n) is 12.1. The minimum atomic E-state index is -3.24. The number of aliphatic hydroxyl groups is 1. The van der Waals surface area contributed by atoms with E-state index in [-0.39, 0.29) is 17.8 Å². The molecule has 5 nitrogen and oxygen atoms in total. The molecule has 0 aromatic heterocycles. The summed E-state index contributed by atoms with van der Waals surface area (Å²) < 4.78 is 26.1. The van der Waals surface area contributed by atoms with Gasteiger partial charge in [0.25, 0.3) is 0 Å². The fourth-order valence-corrected chi connectivity index (χ4v) is 5.15. The average Bonchev–Trinajstić information content (AvgIpc) is 2.44. The lowest BCUT2D eigenvalue weighted by Crippen LogP contribution is -2.45. The topological polar surface area (TPSA) is 83.6 Å². The molecule has 1 aliphatic rings. The third kappa shape index (κ3) is 4.60. The van der Waals surface area contributed by atoms with E-state index in [4.69, 9.17) is 5.73 Å². The van der Waals surface area contributed by atoms with Crippen molar-refractivity contribution in [3.05, 3.63) is 24.3 Å². The Kier molecular flexibility index (Phi) is 5.54. The Morgan fingerprint density at radius 1 is 1.38 bits per heavy atom. The van der Waals surface area contributed by atoms with Crippen molar-refractivity contribution in [1.82, 2.24) is 4.31 Å². The molecule has 0 amide bonds. The maximum atomic E-state index is 12.3. The van der Waals surface area contributed by atoms with Crippen LogP contribution in [0.5, 0.6) is 0 Å². The predicted octanol–water partition coefficient (Wildman–Crippen LogP) is 1.39. The van der Waals surface area contributed by atoms with Crippen LogP contribution in [0.4, 0.5) is 5.69 Å². The van der Waals surface area contributed by atoms with Crippen LogP contribution >= 0.6 is 11.8 Å². The first-order chi connectivity index (χ1) is 9.88. The molecular weight excluding hydrogens is 308 g/mol. The fraction of sp³-hybridized carbons (Fsp3) is 0.571. The van der Waals surface area contributed by atoms with Gasteiger partial charge in [0.05, 0.1) is 11.9 Å². The predicted molar refractivity (Wildman–Crippen MR) is 86.7 cm³/mol. The van der Waals surface area contributed by atoms with E-state index in [2.05, 4.69) is 0 Å². The van der Waals surface area contributed by atoms with Crippen LogP contribution in [0.25, 0.3) is 0 Å². The SMILES string of the molecule is CC1CN(S(=O)(=O)CCSc2ccc(N)cc2)CCC1O. The number of benzene rings is 1. The van der Waals surface area contributed by atoms with Gasteiger partial charge >= 0.3 is 0 Å². The molecule has 1 fully saturated rings. The number of nitrogens with two attached hydrogens (primary N) is 1. The number of hydrogen-bond acceptors (Lipinski definition) is 5. The summed E-state index contributed by atoms with van der Waals surface area (Å²) in [5.74, 6) is 0.628. The van der Waals surface area contributed by atoms with Gasteiger partial charge in [-0.05, 0) is 36.6 Å². The Balaban J connectivity index is 1.85. The van der Waals surface area contributed by atoms with Crippen LogP contribution in [-0.4, -0.2) is 48.5 Å². The summed E-state index contributed by atoms with van der Waals surface area (Å²) in [7, 11) is -3.24.